The minimum atomic E-state index is -0.345. The smallest absolute Gasteiger partial charge is 0.248 e. The van der Waals surface area contributed by atoms with Crippen molar-refractivity contribution in [3.05, 3.63) is 65.7 Å². The maximum atomic E-state index is 13.1. The quantitative estimate of drug-likeness (QED) is 0.850. The molecule has 108 valence electrons. The van der Waals surface area contributed by atoms with Crippen LogP contribution in [-0.2, 0) is 11.4 Å². The predicted molar refractivity (Wildman–Crippen MR) is 78.8 cm³/mol. The molecule has 0 atom stereocenters. The summed E-state index contributed by atoms with van der Waals surface area (Å²) in [4.78, 5) is 15.8. The summed E-state index contributed by atoms with van der Waals surface area (Å²) in [5, 5.41) is 11.7. The van der Waals surface area contributed by atoms with E-state index >= 15 is 0 Å². The second-order valence-corrected chi connectivity index (χ2v) is 4.52. The number of halogens is 1. The minimum Gasteiger partial charge on any atom is -0.390 e. The number of amides is 1. The summed E-state index contributed by atoms with van der Waals surface area (Å²) < 4.78 is 13.1. The second kappa shape index (κ2) is 6.76. The molecule has 0 radical (unpaired) electrons. The summed E-state index contributed by atoms with van der Waals surface area (Å²) in [6.45, 7) is 1.54. The van der Waals surface area contributed by atoms with E-state index in [4.69, 9.17) is 5.11 Å². The molecule has 0 saturated carbocycles. The number of hydrogen-bond donors (Lipinski definition) is 2. The average Bonchev–Trinajstić information content (AvgIpc) is 2.47. The van der Waals surface area contributed by atoms with Crippen molar-refractivity contribution >= 4 is 17.2 Å². The van der Waals surface area contributed by atoms with Gasteiger partial charge in [-0.1, -0.05) is 12.1 Å². The number of pyridine rings is 1. The molecule has 2 rings (SSSR count). The summed E-state index contributed by atoms with van der Waals surface area (Å²) >= 11 is 0. The van der Waals surface area contributed by atoms with E-state index in [-0.39, 0.29) is 18.3 Å². The van der Waals surface area contributed by atoms with Gasteiger partial charge in [0.1, 0.15) is 5.82 Å². The molecule has 0 bridgehead atoms. The highest BCUT2D eigenvalue weighted by atomic mass is 19.1. The molecule has 5 heteroatoms. The van der Waals surface area contributed by atoms with Gasteiger partial charge in [-0.2, -0.15) is 0 Å². The van der Waals surface area contributed by atoms with Crippen LogP contribution in [0.15, 0.2) is 48.7 Å². The highest BCUT2D eigenvalue weighted by Gasteiger charge is 2.03. The van der Waals surface area contributed by atoms with E-state index < -0.39 is 0 Å². The van der Waals surface area contributed by atoms with Gasteiger partial charge in [-0.05, 0) is 42.3 Å². The molecule has 2 aromatic rings. The molecule has 21 heavy (non-hydrogen) atoms. The number of rotatable bonds is 4. The highest BCUT2D eigenvalue weighted by molar-refractivity contribution is 6.03. The molecule has 2 N–H and O–H groups in total. The maximum Gasteiger partial charge on any atom is 0.248 e. The van der Waals surface area contributed by atoms with Gasteiger partial charge >= 0.3 is 0 Å². The first kappa shape index (κ1) is 14.9. The standard InChI is InChI=1S/C16H15FN2O2/c1-11(12-3-2-4-13(17)8-12)7-16(21)19-14-5-6-18-15(9-14)10-20/h2-9,20H,10H2,1H3,(H,18,19,21)/b11-7+. The number of nitrogens with one attached hydrogen (secondary N) is 1. The maximum absolute atomic E-state index is 13.1. The van der Waals surface area contributed by atoms with Crippen LogP contribution in [0.25, 0.3) is 5.57 Å². The summed E-state index contributed by atoms with van der Waals surface area (Å²) in [5.41, 5.74) is 2.32. The third-order valence-corrected chi connectivity index (χ3v) is 2.87. The van der Waals surface area contributed by atoms with Crippen LogP contribution in [0.3, 0.4) is 0 Å². The molecule has 4 nitrogen and oxygen atoms in total. The van der Waals surface area contributed by atoms with Crippen LogP contribution < -0.4 is 5.32 Å². The lowest BCUT2D eigenvalue weighted by atomic mass is 10.1. The first-order chi connectivity index (χ1) is 10.1. The van der Waals surface area contributed by atoms with Crippen LogP contribution in [0.1, 0.15) is 18.2 Å². The third kappa shape index (κ3) is 4.22. The Hall–Kier alpha value is -2.53. The topological polar surface area (TPSA) is 62.2 Å². The number of nitrogens with zero attached hydrogens (tertiary/aromatic N) is 1. The Morgan fingerprint density at radius 3 is 2.90 bits per heavy atom. The fourth-order valence-corrected chi connectivity index (χ4v) is 1.83. The zero-order valence-corrected chi connectivity index (χ0v) is 11.5. The molecular formula is C16H15FN2O2. The van der Waals surface area contributed by atoms with E-state index in [1.165, 1.54) is 24.4 Å². The summed E-state index contributed by atoms with van der Waals surface area (Å²) in [7, 11) is 0. The van der Waals surface area contributed by atoms with Gasteiger partial charge in [0.15, 0.2) is 0 Å². The lowest BCUT2D eigenvalue weighted by Gasteiger charge is -2.05. The van der Waals surface area contributed by atoms with E-state index in [0.717, 1.165) is 0 Å². The van der Waals surface area contributed by atoms with Gasteiger partial charge in [-0.15, -0.1) is 0 Å². The number of aliphatic hydroxyl groups excluding tert-OH is 1. The number of carbonyl (C=O) groups is 1. The van der Waals surface area contributed by atoms with Gasteiger partial charge in [-0.3, -0.25) is 9.78 Å². The van der Waals surface area contributed by atoms with Gasteiger partial charge in [0.2, 0.25) is 5.91 Å². The predicted octanol–water partition coefficient (Wildman–Crippen LogP) is 2.76. The van der Waals surface area contributed by atoms with Crippen LogP contribution in [0.2, 0.25) is 0 Å². The van der Waals surface area contributed by atoms with Gasteiger partial charge in [-0.25, -0.2) is 4.39 Å². The van der Waals surface area contributed by atoms with Crippen LogP contribution in [-0.4, -0.2) is 16.0 Å². The van der Waals surface area contributed by atoms with Crippen LogP contribution in [0.4, 0.5) is 10.1 Å². The Morgan fingerprint density at radius 2 is 2.19 bits per heavy atom. The van der Waals surface area contributed by atoms with Crippen LogP contribution >= 0.6 is 0 Å². The van der Waals surface area contributed by atoms with Crippen LogP contribution in [0, 0.1) is 5.82 Å². The summed E-state index contributed by atoms with van der Waals surface area (Å²) in [6.07, 6.45) is 2.90. The van der Waals surface area contributed by atoms with Crippen molar-refractivity contribution in [3.63, 3.8) is 0 Å². The second-order valence-electron chi connectivity index (χ2n) is 4.52. The van der Waals surface area contributed by atoms with Gasteiger partial charge in [0.25, 0.3) is 0 Å². The number of aliphatic hydroxyl groups is 1. The molecule has 0 saturated heterocycles. The normalized spacial score (nSPS) is 11.3. The van der Waals surface area contributed by atoms with Crippen molar-refractivity contribution in [3.8, 4) is 0 Å². The lowest BCUT2D eigenvalue weighted by molar-refractivity contribution is -0.111. The van der Waals surface area contributed by atoms with Crippen molar-refractivity contribution in [1.29, 1.82) is 0 Å². The molecule has 0 fully saturated rings. The molecule has 1 aromatic carbocycles. The largest absolute Gasteiger partial charge is 0.390 e. The van der Waals surface area contributed by atoms with E-state index in [0.29, 0.717) is 22.5 Å². The molecule has 0 aliphatic rings. The Bertz CT molecular complexity index is 683. The zero-order chi connectivity index (χ0) is 15.2. The van der Waals surface area contributed by atoms with E-state index in [1.807, 2.05) is 0 Å². The number of carbonyl (C=O) groups excluding carboxylic acids is 1. The van der Waals surface area contributed by atoms with Crippen molar-refractivity contribution in [1.82, 2.24) is 4.98 Å². The first-order valence-electron chi connectivity index (χ1n) is 6.39. The monoisotopic (exact) mass is 286 g/mol. The van der Waals surface area contributed by atoms with E-state index in [9.17, 15) is 9.18 Å². The zero-order valence-electron chi connectivity index (χ0n) is 11.5. The molecule has 0 unspecified atom stereocenters. The van der Waals surface area contributed by atoms with Crippen molar-refractivity contribution in [2.45, 2.75) is 13.5 Å². The third-order valence-electron chi connectivity index (χ3n) is 2.87. The SMILES string of the molecule is C/C(=C\C(=O)Nc1ccnc(CO)c1)c1cccc(F)c1. The number of anilines is 1. The number of benzene rings is 1. The number of allylic oxidation sites excluding steroid dienone is 1. The number of hydrogen-bond acceptors (Lipinski definition) is 3. The summed E-state index contributed by atoms with van der Waals surface area (Å²) in [6, 6.07) is 9.26. The van der Waals surface area contributed by atoms with Crippen molar-refractivity contribution in [2.75, 3.05) is 5.32 Å². The Balaban J connectivity index is 2.11. The Kier molecular flexibility index (Phi) is 4.79. The highest BCUT2D eigenvalue weighted by Crippen LogP contribution is 2.15. The van der Waals surface area contributed by atoms with Crippen LogP contribution in [0.5, 0.6) is 0 Å². The lowest BCUT2D eigenvalue weighted by Crippen LogP contribution is -2.09. The van der Waals surface area contributed by atoms with E-state index in [1.54, 1.807) is 31.2 Å². The van der Waals surface area contributed by atoms with E-state index in [2.05, 4.69) is 10.3 Å². The summed E-state index contributed by atoms with van der Waals surface area (Å²) in [5.74, 6) is -0.672. The minimum absolute atomic E-state index is 0.193. The van der Waals surface area contributed by atoms with Gasteiger partial charge < -0.3 is 10.4 Å². The van der Waals surface area contributed by atoms with Crippen molar-refractivity contribution < 1.29 is 14.3 Å². The molecule has 0 aliphatic carbocycles. The fourth-order valence-electron chi connectivity index (χ4n) is 1.83. The first-order valence-corrected chi connectivity index (χ1v) is 6.39. The molecule has 1 amide bonds. The Morgan fingerprint density at radius 1 is 1.38 bits per heavy atom. The molecular weight excluding hydrogens is 271 g/mol. The van der Waals surface area contributed by atoms with Gasteiger partial charge in [0.05, 0.1) is 12.3 Å². The average molecular weight is 286 g/mol. The Labute approximate surface area is 122 Å². The molecule has 1 heterocycles. The van der Waals surface area contributed by atoms with Gasteiger partial charge in [0, 0.05) is 18.0 Å². The number of aromatic nitrogens is 1. The van der Waals surface area contributed by atoms with Crippen molar-refractivity contribution in [2.24, 2.45) is 0 Å². The fraction of sp³-hybridized carbons (Fsp3) is 0.125. The molecule has 1 aromatic heterocycles. The molecule has 0 spiro atoms. The molecule has 0 aliphatic heterocycles.